The van der Waals surface area contributed by atoms with Gasteiger partial charge >= 0.3 is 23.2 Å². The minimum absolute atomic E-state index is 0.00234. The molecule has 6 aromatic carbocycles. The van der Waals surface area contributed by atoms with Gasteiger partial charge in [0.25, 0.3) is 0 Å². The number of fused-ring (bicyclic) bond motifs is 3. The number of benzene rings is 6. The van der Waals surface area contributed by atoms with Gasteiger partial charge in [0.15, 0.2) is 51.4 Å². The van der Waals surface area contributed by atoms with Crippen LogP contribution < -0.4 is 45.5 Å². The van der Waals surface area contributed by atoms with E-state index < -0.39 is 105 Å². The summed E-state index contributed by atoms with van der Waals surface area (Å²) in [5, 5.41) is 0. The molecule has 0 aliphatic heterocycles. The van der Waals surface area contributed by atoms with E-state index in [2.05, 4.69) is 15.0 Å². The van der Waals surface area contributed by atoms with Crippen molar-refractivity contribution in [2.45, 2.75) is 76.4 Å². The van der Waals surface area contributed by atoms with Crippen LogP contribution in [0.4, 0.5) is 22.0 Å². The fourth-order valence-corrected chi connectivity index (χ4v) is 16.9. The molecule has 1 N–H and O–H groups in total. The Hall–Kier alpha value is -11.1. The van der Waals surface area contributed by atoms with Crippen molar-refractivity contribution in [1.29, 1.82) is 0 Å². The Morgan fingerprint density at radius 3 is 1.47 bits per heavy atom. The Bertz CT molecular complexity index is 6130. The lowest BCUT2D eigenvalue weighted by Crippen LogP contribution is -2.31. The summed E-state index contributed by atoms with van der Waals surface area (Å²) >= 11 is 0. The first kappa shape index (κ1) is 77.1. The number of aromatic nitrogens is 9. The van der Waals surface area contributed by atoms with E-state index in [0.717, 1.165) is 23.3 Å². The first-order valence-corrected chi connectivity index (χ1v) is 41.1. The Morgan fingerprint density at radius 2 is 0.964 bits per heavy atom. The molecule has 3 atom stereocenters. The van der Waals surface area contributed by atoms with Gasteiger partial charge in [-0.3, -0.25) is 22.8 Å². The first-order valence-electron chi connectivity index (χ1n) is 34.9. The van der Waals surface area contributed by atoms with Crippen molar-refractivity contribution in [2.24, 2.45) is 0 Å². The average molecular weight is 1570 g/mol. The van der Waals surface area contributed by atoms with Crippen molar-refractivity contribution in [2.75, 3.05) is 77.2 Å². The number of imidazole rings is 3. The zero-order valence-corrected chi connectivity index (χ0v) is 63.3. The van der Waals surface area contributed by atoms with Gasteiger partial charge in [0.2, 0.25) is 0 Å². The van der Waals surface area contributed by atoms with E-state index in [0.29, 0.717) is 40.8 Å². The predicted molar refractivity (Wildman–Crippen MR) is 406 cm³/mol. The highest BCUT2D eigenvalue weighted by Crippen LogP contribution is 2.44. The zero-order chi connectivity index (χ0) is 78.5. The summed E-state index contributed by atoms with van der Waals surface area (Å²) in [7, 11) is -7.35. The van der Waals surface area contributed by atoms with Gasteiger partial charge in [0.05, 0.1) is 98.6 Å². The number of nitrogens with one attached hydrogen (secondary N) is 1. The number of H-pyrrole nitrogens is 1. The van der Waals surface area contributed by atoms with Gasteiger partial charge < -0.3 is 33.4 Å². The lowest BCUT2D eigenvalue weighted by atomic mass is 9.94. The molecule has 0 spiro atoms. The SMILES string of the molecule is CCOc1cc([C@@H](CS(C)(=O)=O)n2c(=O)[nH]c3cc(-c4cccc(CCOc5cc([C@@H](CS(C)(=O)=O)n6c(=O)n(C7CC7)c7cc(-c8cccc(CCOc9cc([C@@H](CS(C)(=O)=O)n%10c(=O)n(CC)c%11cc(-c%12ccccc%12F)cnc%11%10)ccc9OC)c8F)cnc76)ccc5OC)c4C(F)(F)F)cnc32)ccc1OC. The molecular weight excluding hydrogens is 1490 g/mol. The standard InChI is InChI=1S/C78H76F5N9O15S3/c1-9-88-59-34-51(54-17-11-12-20-57(54)79)40-85-73(59)91(76(88)94)62(43-109(7,98)99)48-22-27-66(104-5)69(37-48)107-32-30-46-16-14-19-56(71(46)80)52-35-60-74(86-41-52)92(77(95)89(60)53-24-25-53)63(44-110(8,100)101)49-23-28-65(103-4)68(38-49)106-31-29-45-15-13-18-55(70(45)78(81,82)83)50-33-58-72(84-39-50)90(75(93)87-58)61(42-108(6,96)97)47-21-26-64(102-3)67(36-47)105-10-2/h11-23,26-28,33-41,53,61-63H,9-10,24-25,29-32,42-44H2,1-8H3,(H,87,93)/t61-,62-,63-/m1/s1. The molecule has 1 fully saturated rings. The highest BCUT2D eigenvalue weighted by atomic mass is 32.2. The van der Waals surface area contributed by atoms with E-state index in [1.165, 1.54) is 107 Å². The molecule has 0 unspecified atom stereocenters. The van der Waals surface area contributed by atoms with Crippen molar-refractivity contribution in [3.63, 3.8) is 0 Å². The molecule has 6 heterocycles. The molecule has 110 heavy (non-hydrogen) atoms. The third-order valence-electron chi connectivity index (χ3n) is 19.2. The van der Waals surface area contributed by atoms with Crippen LogP contribution in [0.25, 0.3) is 66.9 Å². The van der Waals surface area contributed by atoms with Crippen LogP contribution in [0.5, 0.6) is 34.5 Å². The van der Waals surface area contributed by atoms with E-state index in [-0.39, 0.29) is 146 Å². The number of rotatable bonds is 30. The number of halogens is 5. The Morgan fingerprint density at radius 1 is 0.509 bits per heavy atom. The topological polar surface area (TPSA) is 288 Å². The van der Waals surface area contributed by atoms with Crippen molar-refractivity contribution in [3.05, 3.63) is 229 Å². The summed E-state index contributed by atoms with van der Waals surface area (Å²) in [6, 6.07) is 29.4. The number of aryl methyl sites for hydroxylation is 1. The molecule has 0 bridgehead atoms. The average Bonchev–Trinajstić information content (AvgIpc) is 1.58. The Kier molecular flexibility index (Phi) is 21.5. The van der Waals surface area contributed by atoms with Gasteiger partial charge in [-0.05, 0) is 121 Å². The molecule has 12 aromatic rings. The molecule has 13 rings (SSSR count). The zero-order valence-electron chi connectivity index (χ0n) is 60.8. The first-order chi connectivity index (χ1) is 52.4. The lowest BCUT2D eigenvalue weighted by molar-refractivity contribution is -0.137. The van der Waals surface area contributed by atoms with Gasteiger partial charge in [-0.2, -0.15) is 13.2 Å². The summed E-state index contributed by atoms with van der Waals surface area (Å²) in [6.07, 6.45) is 2.88. The van der Waals surface area contributed by atoms with E-state index in [4.69, 9.17) is 33.4 Å². The van der Waals surface area contributed by atoms with Gasteiger partial charge in [-0.25, -0.2) is 63.4 Å². The summed E-state index contributed by atoms with van der Waals surface area (Å²) in [6.45, 7) is 3.39. The third-order valence-corrected chi connectivity index (χ3v) is 22.0. The van der Waals surface area contributed by atoms with Crippen molar-refractivity contribution in [1.82, 2.24) is 42.8 Å². The second kappa shape index (κ2) is 30.7. The van der Waals surface area contributed by atoms with E-state index in [9.17, 15) is 39.2 Å². The van der Waals surface area contributed by atoms with Crippen LogP contribution in [0.1, 0.15) is 84.2 Å². The normalized spacial score (nSPS) is 13.8. The number of sulfone groups is 3. The van der Waals surface area contributed by atoms with E-state index in [1.54, 1.807) is 98.8 Å². The maximum absolute atomic E-state index is 17.1. The molecule has 6 aromatic heterocycles. The van der Waals surface area contributed by atoms with Crippen molar-refractivity contribution in [3.8, 4) is 67.9 Å². The molecule has 1 aliphatic rings. The van der Waals surface area contributed by atoms with Crippen molar-refractivity contribution >= 4 is 63.0 Å². The van der Waals surface area contributed by atoms with E-state index >= 15 is 22.4 Å². The number of nitrogens with zero attached hydrogens (tertiary/aromatic N) is 8. The van der Waals surface area contributed by atoms with Gasteiger partial charge in [0.1, 0.15) is 41.1 Å². The molecule has 0 amide bonds. The summed E-state index contributed by atoms with van der Waals surface area (Å²) < 4.78 is 200. The lowest BCUT2D eigenvalue weighted by Gasteiger charge is -2.21. The molecule has 1 aliphatic carbocycles. The smallest absolute Gasteiger partial charge is 0.417 e. The summed E-state index contributed by atoms with van der Waals surface area (Å²) in [5.74, 6) is -1.69. The van der Waals surface area contributed by atoms with Crippen molar-refractivity contribution < 1.29 is 75.6 Å². The fraction of sp³-hybridized carbons (Fsp3) is 0.308. The minimum atomic E-state index is -4.96. The fourth-order valence-electron chi connectivity index (χ4n) is 14.2. The van der Waals surface area contributed by atoms with E-state index in [1.807, 2.05) is 0 Å². The number of ether oxygens (including phenoxy) is 6. The molecule has 24 nitrogen and oxygen atoms in total. The minimum Gasteiger partial charge on any atom is -0.493 e. The molecule has 32 heteroatoms. The second-order valence-corrected chi connectivity index (χ2v) is 33.5. The van der Waals surface area contributed by atoms with Gasteiger partial charge in [-0.15, -0.1) is 0 Å². The number of hydrogen-bond acceptors (Lipinski definition) is 18. The Balaban J connectivity index is 0.763. The number of alkyl halides is 3. The predicted octanol–water partition coefficient (Wildman–Crippen LogP) is 12.0. The molecule has 0 radical (unpaired) electrons. The van der Waals surface area contributed by atoms with Crippen LogP contribution in [-0.2, 0) is 55.1 Å². The summed E-state index contributed by atoms with van der Waals surface area (Å²) in [4.78, 5) is 59.7. The quantitative estimate of drug-likeness (QED) is 0.0409. The van der Waals surface area contributed by atoms with Crippen LogP contribution >= 0.6 is 0 Å². The number of aromatic amines is 1. The van der Waals surface area contributed by atoms with Gasteiger partial charge in [0, 0.05) is 90.6 Å². The number of methoxy groups -OCH3 is 3. The molecular formula is C78H76F5N9O15S3. The third kappa shape index (κ3) is 15.9. The maximum Gasteiger partial charge on any atom is 0.417 e. The van der Waals surface area contributed by atoms with Gasteiger partial charge in [-0.1, -0.05) is 72.8 Å². The maximum atomic E-state index is 17.1. The van der Waals surface area contributed by atoms with Crippen LogP contribution in [0.2, 0.25) is 0 Å². The second-order valence-electron chi connectivity index (χ2n) is 27.0. The van der Waals surface area contributed by atoms with Crippen LogP contribution in [-0.4, -0.2) is 145 Å². The molecule has 576 valence electrons. The Labute approximate surface area is 628 Å². The van der Waals surface area contributed by atoms with Crippen LogP contribution in [0.3, 0.4) is 0 Å². The van der Waals surface area contributed by atoms with Crippen LogP contribution in [0, 0.1) is 11.6 Å². The summed E-state index contributed by atoms with van der Waals surface area (Å²) in [5.41, 5.74) is -0.436. The number of pyridine rings is 3. The highest BCUT2D eigenvalue weighted by molar-refractivity contribution is 7.91. The van der Waals surface area contributed by atoms with Crippen LogP contribution in [0.15, 0.2) is 166 Å². The largest absolute Gasteiger partial charge is 0.493 e. The highest BCUT2D eigenvalue weighted by Gasteiger charge is 2.38. The monoisotopic (exact) mass is 1570 g/mol. The molecule has 0 saturated heterocycles. The molecule has 1 saturated carbocycles. The number of hydrogen-bond donors (Lipinski definition) is 1.